The van der Waals surface area contributed by atoms with E-state index in [0.717, 1.165) is 89.9 Å². The van der Waals surface area contributed by atoms with Crippen LogP contribution in [-0.2, 0) is 28.5 Å². The first-order valence-corrected chi connectivity index (χ1v) is 22.2. The number of allylic oxidation sites excluding steroid dienone is 2. The van der Waals surface area contributed by atoms with E-state index in [-0.39, 0.29) is 57.3 Å². The summed E-state index contributed by atoms with van der Waals surface area (Å²) in [4.78, 5) is 28.2. The SMILES string of the molecule is C[C@@]12C(=CCCC1OC(=O)C(=O)OC1CCC=C3CC[C@@H]4[C@@H](CC[C@]5(C)C(c6ccoc6)CC6O[C@]645)[C@]31C)CC[C@@H]1[C@H]2CC[C@]2(C)C(c3ccoc3)CC3O[C@]312. The van der Waals surface area contributed by atoms with E-state index in [1.165, 1.54) is 22.3 Å². The van der Waals surface area contributed by atoms with Crippen LogP contribution in [0.1, 0.15) is 141 Å². The topological polar surface area (TPSA) is 104 Å². The number of carbonyl (C=O) groups is 2. The van der Waals surface area contributed by atoms with Gasteiger partial charge < -0.3 is 27.8 Å². The lowest BCUT2D eigenvalue weighted by atomic mass is 9.45. The van der Waals surface area contributed by atoms with Gasteiger partial charge in [-0.3, -0.25) is 0 Å². The molecule has 6 unspecified atom stereocenters. The number of esters is 2. The van der Waals surface area contributed by atoms with Crippen LogP contribution in [0, 0.1) is 45.3 Å². The van der Waals surface area contributed by atoms with Crippen molar-refractivity contribution in [2.24, 2.45) is 45.3 Å². The van der Waals surface area contributed by atoms with Gasteiger partial charge in [-0.2, -0.15) is 0 Å². The van der Waals surface area contributed by atoms with Crippen LogP contribution < -0.4 is 0 Å². The number of carbonyl (C=O) groups excluding carboxylic acids is 2. The largest absolute Gasteiger partial charge is 0.472 e. The molecule has 16 atom stereocenters. The maximum Gasteiger partial charge on any atom is 0.417 e. The van der Waals surface area contributed by atoms with E-state index in [1.807, 2.05) is 12.5 Å². The molecular weight excluding hydrogens is 705 g/mol. The first-order chi connectivity index (χ1) is 27.0. The summed E-state index contributed by atoms with van der Waals surface area (Å²) in [5.41, 5.74) is 4.58. The van der Waals surface area contributed by atoms with Gasteiger partial charge in [-0.05, 0) is 149 Å². The van der Waals surface area contributed by atoms with Crippen LogP contribution >= 0.6 is 0 Å². The molecule has 2 spiro atoms. The molecule has 298 valence electrons. The third kappa shape index (κ3) is 4.05. The number of furan rings is 2. The lowest BCUT2D eigenvalue weighted by Crippen LogP contribution is -2.60. The van der Waals surface area contributed by atoms with Gasteiger partial charge in [-0.25, -0.2) is 9.59 Å². The number of ether oxygens (including phenoxy) is 4. The van der Waals surface area contributed by atoms with Crippen LogP contribution in [-0.4, -0.2) is 47.6 Å². The molecule has 8 nitrogen and oxygen atoms in total. The predicted octanol–water partition coefficient (Wildman–Crippen LogP) is 9.75. The summed E-state index contributed by atoms with van der Waals surface area (Å²) in [6.45, 7) is 9.60. The van der Waals surface area contributed by atoms with Gasteiger partial charge in [-0.1, -0.05) is 51.0 Å². The average Bonchev–Trinajstić information content (AvgIpc) is 3.69. The minimum absolute atomic E-state index is 0.0505. The molecule has 0 amide bonds. The van der Waals surface area contributed by atoms with Crippen molar-refractivity contribution in [1.82, 2.24) is 0 Å². The van der Waals surface area contributed by atoms with Crippen molar-refractivity contribution in [1.29, 1.82) is 0 Å². The lowest BCUT2D eigenvalue weighted by molar-refractivity contribution is -0.189. The van der Waals surface area contributed by atoms with Crippen LogP contribution in [0.25, 0.3) is 0 Å². The van der Waals surface area contributed by atoms with Crippen LogP contribution in [0.3, 0.4) is 0 Å². The molecule has 0 radical (unpaired) electrons. The summed E-state index contributed by atoms with van der Waals surface area (Å²) >= 11 is 0. The highest BCUT2D eigenvalue weighted by Gasteiger charge is 2.82. The molecule has 2 aromatic heterocycles. The van der Waals surface area contributed by atoms with Crippen LogP contribution in [0.15, 0.2) is 69.3 Å². The second-order valence-electron chi connectivity index (χ2n) is 20.9. The molecule has 0 bridgehead atoms. The van der Waals surface area contributed by atoms with Crippen LogP contribution in [0.2, 0.25) is 0 Å². The van der Waals surface area contributed by atoms with Gasteiger partial charge in [0, 0.05) is 21.7 Å². The fourth-order valence-electron chi connectivity index (χ4n) is 17.0. The Kier molecular flexibility index (Phi) is 7.07. The Hall–Kier alpha value is -3.10. The van der Waals surface area contributed by atoms with Crippen molar-refractivity contribution in [3.8, 4) is 0 Å². The molecule has 0 N–H and O–H groups in total. The maximum absolute atomic E-state index is 14.1. The zero-order valence-electron chi connectivity index (χ0n) is 33.6. The van der Waals surface area contributed by atoms with Crippen molar-refractivity contribution < 1.29 is 37.4 Å². The summed E-state index contributed by atoms with van der Waals surface area (Å²) < 4.78 is 37.6. The summed E-state index contributed by atoms with van der Waals surface area (Å²) in [5, 5.41) is 0. The molecule has 2 saturated heterocycles. The van der Waals surface area contributed by atoms with Crippen molar-refractivity contribution in [2.75, 3.05) is 0 Å². The van der Waals surface area contributed by atoms with Crippen LogP contribution in [0.5, 0.6) is 0 Å². The van der Waals surface area contributed by atoms with Crippen molar-refractivity contribution in [3.05, 3.63) is 71.6 Å². The average molecular weight is 763 g/mol. The summed E-state index contributed by atoms with van der Waals surface area (Å²) in [6.07, 6.45) is 25.9. The van der Waals surface area contributed by atoms with Crippen molar-refractivity contribution >= 4 is 11.9 Å². The molecule has 8 fully saturated rings. The van der Waals surface area contributed by atoms with E-state index in [0.29, 0.717) is 35.5 Å². The molecule has 2 aliphatic heterocycles. The Morgan fingerprint density at radius 3 is 1.46 bits per heavy atom. The molecule has 8 heteroatoms. The smallest absolute Gasteiger partial charge is 0.417 e. The lowest BCUT2D eigenvalue weighted by Gasteiger charge is -2.60. The van der Waals surface area contributed by atoms with Crippen molar-refractivity contribution in [2.45, 2.75) is 165 Å². The van der Waals surface area contributed by atoms with Crippen LogP contribution in [0.4, 0.5) is 0 Å². The molecule has 0 aromatic carbocycles. The molecule has 10 aliphatic rings. The highest BCUT2D eigenvalue weighted by molar-refractivity contribution is 6.29. The van der Waals surface area contributed by atoms with Crippen molar-refractivity contribution in [3.63, 3.8) is 0 Å². The summed E-state index contributed by atoms with van der Waals surface area (Å²) in [7, 11) is 0. The molecule has 6 saturated carbocycles. The molecule has 4 heterocycles. The molecule has 56 heavy (non-hydrogen) atoms. The molecule has 2 aromatic rings. The Balaban J connectivity index is 0.780. The Morgan fingerprint density at radius 2 is 1.05 bits per heavy atom. The van der Waals surface area contributed by atoms with Gasteiger partial charge in [-0.15, -0.1) is 0 Å². The quantitative estimate of drug-likeness (QED) is 0.131. The predicted molar refractivity (Wildman–Crippen MR) is 205 cm³/mol. The van der Waals surface area contributed by atoms with E-state index >= 15 is 0 Å². The Labute approximate surface area is 330 Å². The van der Waals surface area contributed by atoms with E-state index in [2.05, 4.69) is 52.0 Å². The van der Waals surface area contributed by atoms with Gasteiger partial charge in [0.2, 0.25) is 0 Å². The van der Waals surface area contributed by atoms with E-state index in [1.54, 1.807) is 12.5 Å². The molecular formula is C48H58O8. The first kappa shape index (κ1) is 34.9. The Bertz CT molecular complexity index is 1890. The number of hydrogen-bond donors (Lipinski definition) is 0. The number of rotatable bonds is 4. The maximum atomic E-state index is 14.1. The zero-order chi connectivity index (χ0) is 38.0. The minimum atomic E-state index is -0.814. The second kappa shape index (κ2) is 11.3. The fraction of sp³-hybridized carbons (Fsp3) is 0.708. The normalized spacial score (nSPS) is 51.6. The van der Waals surface area contributed by atoms with Gasteiger partial charge in [0.15, 0.2) is 0 Å². The summed E-state index contributed by atoms with van der Waals surface area (Å²) in [5.74, 6) is 0.688. The minimum Gasteiger partial charge on any atom is -0.472 e. The second-order valence-corrected chi connectivity index (χ2v) is 20.9. The van der Waals surface area contributed by atoms with Gasteiger partial charge in [0.25, 0.3) is 0 Å². The monoisotopic (exact) mass is 762 g/mol. The number of epoxide rings is 2. The molecule has 8 aliphatic carbocycles. The van der Waals surface area contributed by atoms with Gasteiger partial charge in [0.1, 0.15) is 23.4 Å². The first-order valence-electron chi connectivity index (χ1n) is 22.2. The highest BCUT2D eigenvalue weighted by atomic mass is 16.6. The molecule has 12 rings (SSSR count). The number of fused-ring (bicyclic) bond motifs is 6. The van der Waals surface area contributed by atoms with E-state index in [4.69, 9.17) is 27.8 Å². The number of hydrogen-bond acceptors (Lipinski definition) is 8. The van der Waals surface area contributed by atoms with E-state index < -0.39 is 11.9 Å². The summed E-state index contributed by atoms with van der Waals surface area (Å²) in [6, 6.07) is 4.29. The van der Waals surface area contributed by atoms with E-state index in [9.17, 15) is 9.59 Å². The fourth-order valence-corrected chi connectivity index (χ4v) is 17.0. The van der Waals surface area contributed by atoms with Gasteiger partial charge in [0.05, 0.1) is 37.3 Å². The Morgan fingerprint density at radius 1 is 0.607 bits per heavy atom. The van der Waals surface area contributed by atoms with Gasteiger partial charge >= 0.3 is 11.9 Å². The highest BCUT2D eigenvalue weighted by Crippen LogP contribution is 2.79. The standard InChI is InChI=1S/C48H58O8/c1-43-19-15-31-33(47(43)39(55-47)23-35(43)27-17-21-51-25-27)13-11-29-7-5-9-37(45(29,31)3)53-41(49)42(50)54-38-10-6-8-30-12-14-34-32(46(30,38)4)16-20-44(2)36(28-18-22-52-26-28)24-40-48(34,44)56-40/h7-8,17-18,21-22,25-26,31-40H,5-6,9-16,19-20,23-24H2,1-4H3/t31-,32-,33-,34-,35?,36?,37?,38?,39?,40?,43-,44-,45+,46+,47+,48+/m1/s1. The third-order valence-corrected chi connectivity index (χ3v) is 19.7. The zero-order valence-corrected chi connectivity index (χ0v) is 33.6. The third-order valence-electron chi connectivity index (χ3n) is 19.7.